The Bertz CT molecular complexity index is 550. The maximum atomic E-state index is 12.8. The summed E-state index contributed by atoms with van der Waals surface area (Å²) in [5.41, 5.74) is 1.35. The van der Waals surface area contributed by atoms with Crippen LogP contribution < -0.4 is 5.32 Å². The summed E-state index contributed by atoms with van der Waals surface area (Å²) in [5.74, 6) is -3.94. The smallest absolute Gasteiger partial charge is 0.324 e. The minimum Gasteiger partial charge on any atom is -0.349 e. The van der Waals surface area contributed by atoms with E-state index in [0.717, 1.165) is 5.52 Å². The number of nitrogens with zero attached hydrogens (tertiary/aromatic N) is 2. The third-order valence-corrected chi connectivity index (χ3v) is 2.59. The first-order chi connectivity index (χ1) is 8.42. The molecule has 0 spiro atoms. The SMILES string of the molecule is Cn1c(NCC(F)(F)C(F)F)nc2ccccc21. The second kappa shape index (κ2) is 4.47. The maximum absolute atomic E-state index is 12.8. The quantitative estimate of drug-likeness (QED) is 0.858. The topological polar surface area (TPSA) is 29.9 Å². The summed E-state index contributed by atoms with van der Waals surface area (Å²) in [5, 5.41) is 2.25. The van der Waals surface area contributed by atoms with Crippen LogP contribution in [0.1, 0.15) is 0 Å². The van der Waals surface area contributed by atoms with Crippen molar-refractivity contribution < 1.29 is 17.6 Å². The Hall–Kier alpha value is -1.79. The van der Waals surface area contributed by atoms with E-state index in [2.05, 4.69) is 10.3 Å². The average Bonchev–Trinajstić information content (AvgIpc) is 2.64. The number of nitrogens with one attached hydrogen (secondary N) is 1. The zero-order valence-corrected chi connectivity index (χ0v) is 9.50. The van der Waals surface area contributed by atoms with E-state index in [1.54, 1.807) is 31.3 Å². The van der Waals surface area contributed by atoms with Gasteiger partial charge in [0.25, 0.3) is 0 Å². The normalized spacial score (nSPS) is 12.3. The molecule has 0 aliphatic carbocycles. The Kier molecular flexibility index (Phi) is 3.14. The highest BCUT2D eigenvalue weighted by Crippen LogP contribution is 2.24. The Morgan fingerprint density at radius 2 is 2.00 bits per heavy atom. The number of aromatic nitrogens is 2. The lowest BCUT2D eigenvalue weighted by Gasteiger charge is -2.16. The van der Waals surface area contributed by atoms with Crippen molar-refractivity contribution >= 4 is 17.0 Å². The molecule has 0 aliphatic heterocycles. The second-order valence-electron chi connectivity index (χ2n) is 3.90. The number of benzene rings is 1. The minimum atomic E-state index is -4.07. The Morgan fingerprint density at radius 3 is 2.61 bits per heavy atom. The molecular formula is C11H11F4N3. The van der Waals surface area contributed by atoms with E-state index in [0.29, 0.717) is 5.52 Å². The van der Waals surface area contributed by atoms with Crippen molar-refractivity contribution in [1.29, 1.82) is 0 Å². The molecule has 7 heteroatoms. The van der Waals surface area contributed by atoms with Gasteiger partial charge < -0.3 is 9.88 Å². The molecule has 0 saturated carbocycles. The predicted octanol–water partition coefficient (Wildman–Crippen LogP) is 2.89. The molecule has 1 N–H and O–H groups in total. The summed E-state index contributed by atoms with van der Waals surface area (Å²) in [7, 11) is 1.62. The first-order valence-corrected chi connectivity index (χ1v) is 5.23. The molecular weight excluding hydrogens is 250 g/mol. The van der Waals surface area contributed by atoms with E-state index < -0.39 is 18.9 Å². The van der Waals surface area contributed by atoms with Crippen LogP contribution in [0.4, 0.5) is 23.5 Å². The van der Waals surface area contributed by atoms with Gasteiger partial charge >= 0.3 is 12.3 Å². The van der Waals surface area contributed by atoms with Crippen molar-refractivity contribution in [3.05, 3.63) is 24.3 Å². The van der Waals surface area contributed by atoms with E-state index in [1.807, 2.05) is 0 Å². The van der Waals surface area contributed by atoms with E-state index in [1.165, 1.54) is 4.57 Å². The molecule has 3 nitrogen and oxygen atoms in total. The molecule has 0 atom stereocenters. The molecule has 1 heterocycles. The number of alkyl halides is 4. The Morgan fingerprint density at radius 1 is 1.33 bits per heavy atom. The van der Waals surface area contributed by atoms with Crippen molar-refractivity contribution in [3.8, 4) is 0 Å². The number of para-hydroxylation sites is 2. The molecule has 0 aliphatic rings. The van der Waals surface area contributed by atoms with Gasteiger partial charge in [0.15, 0.2) is 0 Å². The molecule has 0 fully saturated rings. The molecule has 98 valence electrons. The van der Waals surface area contributed by atoms with Gasteiger partial charge in [-0.2, -0.15) is 8.78 Å². The average molecular weight is 261 g/mol. The molecule has 0 saturated heterocycles. The molecule has 1 aromatic carbocycles. The lowest BCUT2D eigenvalue weighted by molar-refractivity contribution is -0.117. The van der Waals surface area contributed by atoms with Gasteiger partial charge in [0.05, 0.1) is 17.6 Å². The first-order valence-electron chi connectivity index (χ1n) is 5.23. The van der Waals surface area contributed by atoms with Crippen LogP contribution in [0.2, 0.25) is 0 Å². The number of aryl methyl sites for hydroxylation is 1. The Labute approximate surface area is 100 Å². The standard InChI is InChI=1S/C11H11F4N3/c1-18-8-5-3-2-4-7(8)17-10(18)16-6-11(14,15)9(12)13/h2-5,9H,6H2,1H3,(H,16,17). The number of hydrogen-bond acceptors (Lipinski definition) is 2. The largest absolute Gasteiger partial charge is 0.349 e. The highest BCUT2D eigenvalue weighted by molar-refractivity contribution is 5.78. The molecule has 0 radical (unpaired) electrons. The number of hydrogen-bond donors (Lipinski definition) is 1. The second-order valence-corrected chi connectivity index (χ2v) is 3.90. The maximum Gasteiger partial charge on any atom is 0.324 e. The molecule has 0 amide bonds. The van der Waals surface area contributed by atoms with Crippen LogP contribution >= 0.6 is 0 Å². The highest BCUT2D eigenvalue weighted by atomic mass is 19.3. The molecule has 0 bridgehead atoms. The van der Waals surface area contributed by atoms with E-state index >= 15 is 0 Å². The van der Waals surface area contributed by atoms with Crippen LogP contribution in [-0.2, 0) is 7.05 Å². The fourth-order valence-corrected chi connectivity index (χ4v) is 1.58. The van der Waals surface area contributed by atoms with Crippen molar-refractivity contribution in [2.24, 2.45) is 7.05 Å². The van der Waals surface area contributed by atoms with Crippen molar-refractivity contribution in [3.63, 3.8) is 0 Å². The number of rotatable bonds is 4. The summed E-state index contributed by atoms with van der Waals surface area (Å²) in [6, 6.07) is 7.01. The third kappa shape index (κ3) is 2.25. The van der Waals surface area contributed by atoms with Crippen molar-refractivity contribution in [2.45, 2.75) is 12.3 Å². The lowest BCUT2D eigenvalue weighted by atomic mass is 10.3. The van der Waals surface area contributed by atoms with Crippen LogP contribution in [-0.4, -0.2) is 28.4 Å². The predicted molar refractivity (Wildman–Crippen MR) is 60.2 cm³/mol. The lowest BCUT2D eigenvalue weighted by Crippen LogP contribution is -2.35. The number of fused-ring (bicyclic) bond motifs is 1. The summed E-state index contributed by atoms with van der Waals surface area (Å²) < 4.78 is 51.1. The number of anilines is 1. The molecule has 2 aromatic rings. The van der Waals surface area contributed by atoms with Gasteiger partial charge in [0.2, 0.25) is 5.95 Å². The third-order valence-electron chi connectivity index (χ3n) is 2.59. The van der Waals surface area contributed by atoms with E-state index in [4.69, 9.17) is 0 Å². The van der Waals surface area contributed by atoms with E-state index in [-0.39, 0.29) is 5.95 Å². The van der Waals surface area contributed by atoms with Crippen LogP contribution in [0.15, 0.2) is 24.3 Å². The Balaban J connectivity index is 2.20. The van der Waals surface area contributed by atoms with Gasteiger partial charge in [-0.15, -0.1) is 0 Å². The molecule has 2 rings (SSSR count). The van der Waals surface area contributed by atoms with Gasteiger partial charge in [-0.3, -0.25) is 0 Å². The van der Waals surface area contributed by atoms with Crippen LogP contribution in [0.3, 0.4) is 0 Å². The van der Waals surface area contributed by atoms with E-state index in [9.17, 15) is 17.6 Å². The summed E-state index contributed by atoms with van der Waals surface area (Å²) in [6.45, 7) is -1.15. The monoisotopic (exact) mass is 261 g/mol. The van der Waals surface area contributed by atoms with Crippen LogP contribution in [0.25, 0.3) is 11.0 Å². The molecule has 1 aromatic heterocycles. The van der Waals surface area contributed by atoms with Gasteiger partial charge in [-0.1, -0.05) is 12.1 Å². The highest BCUT2D eigenvalue weighted by Gasteiger charge is 2.40. The zero-order valence-electron chi connectivity index (χ0n) is 9.50. The fraction of sp³-hybridized carbons (Fsp3) is 0.364. The van der Waals surface area contributed by atoms with Gasteiger partial charge in [0, 0.05) is 7.05 Å². The van der Waals surface area contributed by atoms with Crippen LogP contribution in [0, 0.1) is 0 Å². The summed E-state index contributed by atoms with van der Waals surface area (Å²) in [4.78, 5) is 4.05. The fourth-order valence-electron chi connectivity index (χ4n) is 1.58. The molecule has 18 heavy (non-hydrogen) atoms. The van der Waals surface area contributed by atoms with Crippen molar-refractivity contribution in [2.75, 3.05) is 11.9 Å². The van der Waals surface area contributed by atoms with Gasteiger partial charge in [0.1, 0.15) is 0 Å². The van der Waals surface area contributed by atoms with Crippen molar-refractivity contribution in [1.82, 2.24) is 9.55 Å². The van der Waals surface area contributed by atoms with Gasteiger partial charge in [-0.25, -0.2) is 13.8 Å². The van der Waals surface area contributed by atoms with Gasteiger partial charge in [-0.05, 0) is 12.1 Å². The van der Waals surface area contributed by atoms with Crippen LogP contribution in [0.5, 0.6) is 0 Å². The zero-order chi connectivity index (χ0) is 13.3. The molecule has 0 unspecified atom stereocenters. The number of halogens is 4. The first kappa shape index (κ1) is 12.7. The minimum absolute atomic E-state index is 0.136. The number of imidazole rings is 1. The summed E-state index contributed by atoms with van der Waals surface area (Å²) in [6.07, 6.45) is -3.69. The summed E-state index contributed by atoms with van der Waals surface area (Å²) >= 11 is 0.